The normalized spacial score (nSPS) is 14.5. The number of carbonyl (C=O) groups is 3. The lowest BCUT2D eigenvalue weighted by Crippen LogP contribution is -2.38. The Hall–Kier alpha value is -3.91. The Labute approximate surface area is 181 Å². The standard InChI is InChI=1S/C23H16N2O5S/c26-21-14-4-1-2-5-15(14)22(27)20(25-23(28)18-6-3-9-31-18)19(21)24-11-13-7-8-16-17(10-13)30-12-29-16/h1-10,24H,11-12H2,(H,25,28). The molecule has 5 rings (SSSR count). The Morgan fingerprint density at radius 2 is 1.65 bits per heavy atom. The predicted octanol–water partition coefficient (Wildman–Crippen LogP) is 3.29. The van der Waals surface area contributed by atoms with Crippen LogP contribution in [-0.4, -0.2) is 24.3 Å². The molecule has 2 aliphatic rings. The summed E-state index contributed by atoms with van der Waals surface area (Å²) in [7, 11) is 0. The fraction of sp³-hybridized carbons (Fsp3) is 0.0870. The summed E-state index contributed by atoms with van der Waals surface area (Å²) in [6.07, 6.45) is 0. The molecule has 0 saturated heterocycles. The number of fused-ring (bicyclic) bond motifs is 2. The van der Waals surface area contributed by atoms with Gasteiger partial charge in [0.2, 0.25) is 18.4 Å². The van der Waals surface area contributed by atoms with E-state index in [0.29, 0.717) is 21.9 Å². The highest BCUT2D eigenvalue weighted by molar-refractivity contribution is 7.12. The summed E-state index contributed by atoms with van der Waals surface area (Å²) < 4.78 is 10.7. The lowest BCUT2D eigenvalue weighted by molar-refractivity contribution is 0.0919. The maximum Gasteiger partial charge on any atom is 0.265 e. The molecule has 0 atom stereocenters. The number of ketones is 2. The van der Waals surface area contributed by atoms with Crippen LogP contribution >= 0.6 is 11.3 Å². The lowest BCUT2D eigenvalue weighted by atomic mass is 9.90. The number of amides is 1. The van der Waals surface area contributed by atoms with Gasteiger partial charge in [-0.25, -0.2) is 0 Å². The molecule has 1 amide bonds. The second-order valence-corrected chi connectivity index (χ2v) is 7.87. The number of nitrogens with one attached hydrogen (secondary N) is 2. The Bertz CT molecular complexity index is 1250. The van der Waals surface area contributed by atoms with E-state index in [9.17, 15) is 14.4 Å². The van der Waals surface area contributed by atoms with Gasteiger partial charge in [-0.05, 0) is 29.1 Å². The average Bonchev–Trinajstić information content (AvgIpc) is 3.48. The molecule has 2 aromatic carbocycles. The van der Waals surface area contributed by atoms with Crippen molar-refractivity contribution in [2.24, 2.45) is 0 Å². The van der Waals surface area contributed by atoms with Crippen molar-refractivity contribution in [3.8, 4) is 11.5 Å². The van der Waals surface area contributed by atoms with Crippen LogP contribution in [0.1, 0.15) is 36.0 Å². The Morgan fingerprint density at radius 1 is 0.903 bits per heavy atom. The first-order chi connectivity index (χ1) is 15.1. The molecule has 0 bridgehead atoms. The first-order valence-electron chi connectivity index (χ1n) is 9.52. The van der Waals surface area contributed by atoms with Crippen molar-refractivity contribution in [1.29, 1.82) is 0 Å². The van der Waals surface area contributed by atoms with Crippen LogP contribution in [0.15, 0.2) is 71.4 Å². The minimum atomic E-state index is -0.437. The van der Waals surface area contributed by atoms with Crippen LogP contribution in [0.2, 0.25) is 0 Å². The fourth-order valence-electron chi connectivity index (χ4n) is 3.49. The van der Waals surface area contributed by atoms with E-state index in [2.05, 4.69) is 10.6 Å². The first kappa shape index (κ1) is 19.1. The molecule has 1 aliphatic heterocycles. The van der Waals surface area contributed by atoms with E-state index in [4.69, 9.17) is 9.47 Å². The monoisotopic (exact) mass is 432 g/mol. The van der Waals surface area contributed by atoms with Crippen molar-refractivity contribution in [2.45, 2.75) is 6.54 Å². The Morgan fingerprint density at radius 3 is 2.39 bits per heavy atom. The zero-order valence-electron chi connectivity index (χ0n) is 16.1. The summed E-state index contributed by atoms with van der Waals surface area (Å²) in [6.45, 7) is 0.422. The van der Waals surface area contributed by atoms with E-state index in [1.165, 1.54) is 11.3 Å². The van der Waals surface area contributed by atoms with Gasteiger partial charge in [0.1, 0.15) is 11.4 Å². The number of hydrogen-bond donors (Lipinski definition) is 2. The maximum absolute atomic E-state index is 13.2. The van der Waals surface area contributed by atoms with Crippen LogP contribution in [0.25, 0.3) is 0 Å². The van der Waals surface area contributed by atoms with Gasteiger partial charge in [0.05, 0.1) is 4.88 Å². The van der Waals surface area contributed by atoms with Crippen LogP contribution in [0, 0.1) is 0 Å². The molecule has 2 N–H and O–H groups in total. The van der Waals surface area contributed by atoms with E-state index in [0.717, 1.165) is 5.56 Å². The zero-order valence-corrected chi connectivity index (χ0v) is 17.0. The molecule has 0 spiro atoms. The molecule has 0 saturated carbocycles. The van der Waals surface area contributed by atoms with Gasteiger partial charge in [-0.15, -0.1) is 11.3 Å². The largest absolute Gasteiger partial charge is 0.454 e. The quantitative estimate of drug-likeness (QED) is 0.643. The van der Waals surface area contributed by atoms with E-state index in [1.807, 2.05) is 12.1 Å². The van der Waals surface area contributed by atoms with E-state index < -0.39 is 11.7 Å². The molecule has 0 unspecified atom stereocenters. The molecule has 154 valence electrons. The third-order valence-electron chi connectivity index (χ3n) is 5.01. The van der Waals surface area contributed by atoms with Gasteiger partial charge in [0.25, 0.3) is 5.91 Å². The molecule has 1 aromatic heterocycles. The number of hydrogen-bond acceptors (Lipinski definition) is 7. The minimum absolute atomic E-state index is 0.0529. The van der Waals surface area contributed by atoms with Crippen LogP contribution < -0.4 is 20.1 Å². The van der Waals surface area contributed by atoms with Gasteiger partial charge < -0.3 is 20.1 Å². The summed E-state index contributed by atoms with van der Waals surface area (Å²) in [5, 5.41) is 7.47. The smallest absolute Gasteiger partial charge is 0.265 e. The Balaban J connectivity index is 1.48. The van der Waals surface area contributed by atoms with Gasteiger partial charge >= 0.3 is 0 Å². The Kier molecular flexibility index (Phi) is 4.76. The van der Waals surface area contributed by atoms with Crippen molar-refractivity contribution in [2.75, 3.05) is 6.79 Å². The number of ether oxygens (including phenoxy) is 2. The zero-order chi connectivity index (χ0) is 21.4. The molecule has 0 fully saturated rings. The van der Waals surface area contributed by atoms with Crippen LogP contribution in [0.4, 0.5) is 0 Å². The molecule has 0 radical (unpaired) electrons. The van der Waals surface area contributed by atoms with Crippen molar-refractivity contribution in [3.63, 3.8) is 0 Å². The summed E-state index contributed by atoms with van der Waals surface area (Å²) in [4.78, 5) is 39.4. The highest BCUT2D eigenvalue weighted by atomic mass is 32.1. The van der Waals surface area contributed by atoms with Gasteiger partial charge in [-0.3, -0.25) is 14.4 Å². The molecular formula is C23H16N2O5S. The van der Waals surface area contributed by atoms with Gasteiger partial charge in [0, 0.05) is 17.7 Å². The molecule has 7 nitrogen and oxygen atoms in total. The van der Waals surface area contributed by atoms with Crippen molar-refractivity contribution < 1.29 is 23.9 Å². The van der Waals surface area contributed by atoms with Crippen molar-refractivity contribution in [1.82, 2.24) is 10.6 Å². The second kappa shape index (κ2) is 7.73. The summed E-state index contributed by atoms with van der Waals surface area (Å²) in [6, 6.07) is 15.4. The van der Waals surface area contributed by atoms with E-state index >= 15 is 0 Å². The molecular weight excluding hydrogens is 416 g/mol. The number of Topliss-reactive ketones (excluding diaryl/α,β-unsaturated/α-hetero) is 2. The molecule has 3 aromatic rings. The van der Waals surface area contributed by atoms with Gasteiger partial charge in [-0.1, -0.05) is 36.4 Å². The highest BCUT2D eigenvalue weighted by Gasteiger charge is 2.33. The molecule has 8 heteroatoms. The summed E-state index contributed by atoms with van der Waals surface area (Å²) in [5.41, 5.74) is 1.41. The lowest BCUT2D eigenvalue weighted by Gasteiger charge is -2.22. The summed E-state index contributed by atoms with van der Waals surface area (Å²) >= 11 is 1.25. The van der Waals surface area contributed by atoms with Crippen LogP contribution in [0.3, 0.4) is 0 Å². The number of benzene rings is 2. The third kappa shape index (κ3) is 3.47. The number of thiophene rings is 1. The van der Waals surface area contributed by atoms with E-state index in [1.54, 1.807) is 47.8 Å². The average molecular weight is 432 g/mol. The number of rotatable bonds is 5. The SMILES string of the molecule is O=C(NC1=C(NCc2ccc3c(c2)OCO3)C(=O)c2ccccc2C1=O)c1cccs1. The van der Waals surface area contributed by atoms with E-state index in [-0.39, 0.29) is 36.1 Å². The third-order valence-corrected chi connectivity index (χ3v) is 5.88. The topological polar surface area (TPSA) is 93.7 Å². The molecule has 2 heterocycles. The molecule has 1 aliphatic carbocycles. The highest BCUT2D eigenvalue weighted by Crippen LogP contribution is 2.32. The second-order valence-electron chi connectivity index (χ2n) is 6.93. The van der Waals surface area contributed by atoms with Gasteiger partial charge in [-0.2, -0.15) is 0 Å². The predicted molar refractivity (Wildman–Crippen MR) is 113 cm³/mol. The number of carbonyl (C=O) groups excluding carboxylic acids is 3. The van der Waals surface area contributed by atoms with Crippen LogP contribution in [-0.2, 0) is 6.54 Å². The number of allylic oxidation sites excluding steroid dienone is 2. The first-order valence-corrected chi connectivity index (χ1v) is 10.4. The maximum atomic E-state index is 13.2. The minimum Gasteiger partial charge on any atom is -0.454 e. The fourth-order valence-corrected chi connectivity index (χ4v) is 4.11. The van der Waals surface area contributed by atoms with Crippen molar-refractivity contribution in [3.05, 3.63) is 92.9 Å². The van der Waals surface area contributed by atoms with Crippen molar-refractivity contribution >= 4 is 28.8 Å². The van der Waals surface area contributed by atoms with Gasteiger partial charge in [0.15, 0.2) is 11.5 Å². The van der Waals surface area contributed by atoms with Crippen LogP contribution in [0.5, 0.6) is 11.5 Å². The summed E-state index contributed by atoms with van der Waals surface area (Å²) in [5.74, 6) is 0.0826. The molecule has 31 heavy (non-hydrogen) atoms.